The van der Waals surface area contributed by atoms with Gasteiger partial charge in [-0.1, -0.05) is 159 Å². The molecule has 4 nitrogen and oxygen atoms in total. The monoisotopic (exact) mass is 696 g/mol. The van der Waals surface area contributed by atoms with Gasteiger partial charge in [-0.15, -0.1) is 4.65 Å². The Bertz CT molecular complexity index is 1050. The lowest BCUT2D eigenvalue weighted by Gasteiger charge is -2.29. The van der Waals surface area contributed by atoms with E-state index in [0.717, 1.165) is 25.1 Å². The predicted molar refractivity (Wildman–Crippen MR) is 211 cm³/mol. The summed E-state index contributed by atoms with van der Waals surface area (Å²) in [6.07, 6.45) is 44.6. The van der Waals surface area contributed by atoms with Crippen LogP contribution in [0.3, 0.4) is 0 Å². The van der Waals surface area contributed by atoms with Gasteiger partial charge in [0.05, 0.1) is 11.7 Å². The number of para-hydroxylation sites is 1. The summed E-state index contributed by atoms with van der Waals surface area (Å²) >= 11 is 0. The number of amidine groups is 1. The van der Waals surface area contributed by atoms with Crippen LogP contribution < -0.4 is 12.4 Å². The molecule has 278 valence electrons. The molecule has 0 aliphatic carbocycles. The number of hydroxylamine groups is 3. The van der Waals surface area contributed by atoms with Gasteiger partial charge in [0, 0.05) is 24.4 Å². The van der Waals surface area contributed by atoms with E-state index in [4.69, 9.17) is 9.83 Å². The standard InChI is InChI=1S/C35H67N2O.C9H7N.ClH/c1-4-7-9-11-13-15-17-18-19-20-21-22-24-26-28-30-33-37(38-6-3)34-32-36-35(37)31-29-27-25-23-16-14-12-10-8-5-2;1-2-6-9-8(4-1)5-3-7-10-9;/h18-19,32,34H,4-17,20-31,33H2,1-3H3;1-7H;1H/q+1;;/p-1/b19-18-;;. The predicted octanol–water partition coefficient (Wildman–Crippen LogP) is 11.2. The second kappa shape index (κ2) is 31.9. The third-order valence-corrected chi connectivity index (χ3v) is 9.60. The van der Waals surface area contributed by atoms with Crippen LogP contribution in [-0.2, 0) is 4.84 Å². The summed E-state index contributed by atoms with van der Waals surface area (Å²) in [7, 11) is 0. The lowest BCUT2D eigenvalue weighted by Crippen LogP contribution is -3.00. The Kier molecular flexibility index (Phi) is 29.3. The largest absolute Gasteiger partial charge is 1.00 e. The maximum absolute atomic E-state index is 6.28. The molecule has 2 heterocycles. The van der Waals surface area contributed by atoms with Crippen molar-refractivity contribution >= 4 is 16.7 Å². The quantitative estimate of drug-likeness (QED) is 0.0482. The second-order valence-electron chi connectivity index (χ2n) is 13.8. The Morgan fingerprint density at radius 2 is 1.10 bits per heavy atom. The Morgan fingerprint density at radius 1 is 0.592 bits per heavy atom. The summed E-state index contributed by atoms with van der Waals surface area (Å²) in [6.45, 7) is 8.49. The maximum Gasteiger partial charge on any atom is 0.240 e. The van der Waals surface area contributed by atoms with Crippen molar-refractivity contribution in [3.8, 4) is 0 Å². The molecular weight excluding hydrogens is 622 g/mol. The zero-order chi connectivity index (χ0) is 34.2. The van der Waals surface area contributed by atoms with E-state index >= 15 is 0 Å². The van der Waals surface area contributed by atoms with Crippen LogP contribution in [0.1, 0.15) is 181 Å². The Morgan fingerprint density at radius 3 is 1.67 bits per heavy atom. The summed E-state index contributed by atoms with van der Waals surface area (Å²) in [6, 6.07) is 12.1. The minimum absolute atomic E-state index is 0. The number of unbranched alkanes of at least 4 members (excludes halogenated alkanes) is 21. The lowest BCUT2D eigenvalue weighted by atomic mass is 10.1. The van der Waals surface area contributed by atoms with Gasteiger partial charge in [-0.25, -0.2) is 4.99 Å². The van der Waals surface area contributed by atoms with Gasteiger partial charge in [-0.3, -0.25) is 4.98 Å². The second-order valence-corrected chi connectivity index (χ2v) is 13.8. The van der Waals surface area contributed by atoms with Crippen LogP contribution in [0.5, 0.6) is 0 Å². The van der Waals surface area contributed by atoms with Gasteiger partial charge in [0.15, 0.2) is 6.20 Å². The van der Waals surface area contributed by atoms with Crippen LogP contribution in [0.15, 0.2) is 72.1 Å². The molecule has 1 aliphatic heterocycles. The molecule has 1 aromatic heterocycles. The minimum atomic E-state index is 0. The van der Waals surface area contributed by atoms with E-state index < -0.39 is 0 Å². The number of fused-ring (bicyclic) bond motifs is 1. The normalized spacial score (nSPS) is 15.4. The minimum Gasteiger partial charge on any atom is -1.00 e. The average Bonchev–Trinajstić information content (AvgIpc) is 3.51. The van der Waals surface area contributed by atoms with Crippen molar-refractivity contribution in [2.24, 2.45) is 4.99 Å². The molecule has 0 radical (unpaired) electrons. The van der Waals surface area contributed by atoms with Crippen molar-refractivity contribution in [1.82, 2.24) is 4.98 Å². The molecule has 0 fully saturated rings. The van der Waals surface area contributed by atoms with E-state index in [9.17, 15) is 0 Å². The van der Waals surface area contributed by atoms with Gasteiger partial charge < -0.3 is 12.4 Å². The maximum atomic E-state index is 6.28. The molecule has 1 aliphatic rings. The number of pyridine rings is 1. The van der Waals surface area contributed by atoms with Crippen molar-refractivity contribution in [1.29, 1.82) is 0 Å². The zero-order valence-electron chi connectivity index (χ0n) is 32.1. The smallest absolute Gasteiger partial charge is 0.240 e. The summed E-state index contributed by atoms with van der Waals surface area (Å²) in [4.78, 5) is 15.2. The first kappa shape index (κ1) is 45.0. The molecule has 0 saturated carbocycles. The van der Waals surface area contributed by atoms with E-state index in [1.165, 1.54) is 165 Å². The fourth-order valence-corrected chi connectivity index (χ4v) is 6.66. The first-order valence-electron chi connectivity index (χ1n) is 20.5. The van der Waals surface area contributed by atoms with E-state index in [0.29, 0.717) is 4.65 Å². The molecular formula is C44H74ClN3O. The molecule has 1 atom stereocenters. The highest BCUT2D eigenvalue weighted by atomic mass is 35.5. The van der Waals surface area contributed by atoms with Crippen LogP contribution >= 0.6 is 0 Å². The third kappa shape index (κ3) is 21.7. The molecule has 0 N–H and O–H groups in total. The highest BCUT2D eigenvalue weighted by Crippen LogP contribution is 2.24. The molecule has 5 heteroatoms. The fourth-order valence-electron chi connectivity index (χ4n) is 6.66. The van der Waals surface area contributed by atoms with Gasteiger partial charge in [0.25, 0.3) is 0 Å². The Hall–Kier alpha value is -2.01. The molecule has 0 saturated heterocycles. The summed E-state index contributed by atoms with van der Waals surface area (Å²) in [5.41, 5.74) is 1.06. The topological polar surface area (TPSA) is 34.5 Å². The van der Waals surface area contributed by atoms with Crippen molar-refractivity contribution < 1.29 is 21.9 Å². The van der Waals surface area contributed by atoms with Gasteiger partial charge in [0.1, 0.15) is 13.2 Å². The van der Waals surface area contributed by atoms with Crippen LogP contribution in [0.4, 0.5) is 0 Å². The molecule has 0 amide bonds. The zero-order valence-corrected chi connectivity index (χ0v) is 32.8. The summed E-state index contributed by atoms with van der Waals surface area (Å²) < 4.78 is 0.567. The number of nitrogens with zero attached hydrogens (tertiary/aromatic N) is 3. The first-order valence-corrected chi connectivity index (χ1v) is 20.5. The number of benzene rings is 1. The summed E-state index contributed by atoms with van der Waals surface area (Å²) in [5, 5.41) is 1.20. The molecule has 3 rings (SSSR count). The molecule has 1 unspecified atom stereocenters. The van der Waals surface area contributed by atoms with Crippen LogP contribution in [0.25, 0.3) is 10.9 Å². The molecule has 2 aromatic rings. The van der Waals surface area contributed by atoms with E-state index in [2.05, 4.69) is 56.2 Å². The Balaban J connectivity index is 0.000000915. The van der Waals surface area contributed by atoms with Gasteiger partial charge in [-0.05, 0) is 57.6 Å². The number of aromatic nitrogens is 1. The van der Waals surface area contributed by atoms with E-state index in [1.807, 2.05) is 36.7 Å². The highest BCUT2D eigenvalue weighted by molar-refractivity contribution is 5.78. The lowest BCUT2D eigenvalue weighted by molar-refractivity contribution is -0.994. The van der Waals surface area contributed by atoms with Gasteiger partial charge >= 0.3 is 0 Å². The van der Waals surface area contributed by atoms with E-state index in [-0.39, 0.29) is 12.4 Å². The highest BCUT2D eigenvalue weighted by Gasteiger charge is 2.36. The SMILES string of the molecule is CCCCCCCC/C=C\CCCCCCCC[N+]1(OCC)C=CN=C1CCCCCCCCCCCC.[Cl-].c1ccc2ncccc2c1. The Labute approximate surface area is 309 Å². The average molecular weight is 697 g/mol. The van der Waals surface area contributed by atoms with Crippen molar-refractivity contribution in [3.05, 3.63) is 67.1 Å². The van der Waals surface area contributed by atoms with Crippen LogP contribution in [0.2, 0.25) is 0 Å². The molecule has 0 spiro atoms. The number of halogens is 1. The molecule has 1 aromatic carbocycles. The van der Waals surface area contributed by atoms with Gasteiger partial charge in [-0.2, -0.15) is 4.84 Å². The van der Waals surface area contributed by atoms with Crippen molar-refractivity contribution in [3.63, 3.8) is 0 Å². The number of aliphatic imine (C=N–C) groups is 1. The number of quaternary nitrogens is 1. The number of hydrogen-bond donors (Lipinski definition) is 0. The van der Waals surface area contributed by atoms with Crippen LogP contribution in [0, 0.1) is 0 Å². The fraction of sp³-hybridized carbons (Fsp3) is 0.682. The number of rotatable bonds is 29. The number of allylic oxidation sites excluding steroid dienone is 2. The van der Waals surface area contributed by atoms with Crippen molar-refractivity contribution in [2.75, 3.05) is 13.2 Å². The van der Waals surface area contributed by atoms with E-state index in [1.54, 1.807) is 0 Å². The third-order valence-electron chi connectivity index (χ3n) is 9.60. The van der Waals surface area contributed by atoms with Crippen LogP contribution in [-0.4, -0.2) is 28.6 Å². The molecule has 0 bridgehead atoms. The molecule has 49 heavy (non-hydrogen) atoms. The summed E-state index contributed by atoms with van der Waals surface area (Å²) in [5.74, 6) is 1.24. The van der Waals surface area contributed by atoms with Crippen molar-refractivity contribution in [2.45, 2.75) is 181 Å². The number of hydrogen-bond acceptors (Lipinski definition) is 3. The van der Waals surface area contributed by atoms with Gasteiger partial charge in [0.2, 0.25) is 5.84 Å². The first-order chi connectivity index (χ1) is 23.8.